The molecule has 2 aliphatic rings. The van der Waals surface area contributed by atoms with Crippen LogP contribution in [0.3, 0.4) is 0 Å². The molecule has 2 fully saturated rings. The maximum Gasteiger partial charge on any atom is 0.315 e. The fourth-order valence-corrected chi connectivity index (χ4v) is 3.99. The first-order valence-corrected chi connectivity index (χ1v) is 11.5. The monoisotopic (exact) mass is 518 g/mol. The summed E-state index contributed by atoms with van der Waals surface area (Å²) in [6, 6.07) is 4.38. The molecule has 36 heavy (non-hydrogen) atoms. The van der Waals surface area contributed by atoms with Gasteiger partial charge in [0.05, 0.1) is 26.4 Å². The third-order valence-corrected chi connectivity index (χ3v) is 5.94. The Morgan fingerprint density at radius 3 is 2.08 bits per heavy atom. The standard InChI is InChI=1S/C22H34N2O12/c1-3-23-22(31)24-14-15(27)12(8-25)34-20(16(14)28)36-19-13(9-26)35-21(18(30)17(19)29)33-11-6-4-10(32-2)5-7-11/h4-7,12-21,25-30H,3,8-9H2,1-2H3,(H2,23,24,31)/t12-,13-,14+,15+,16-,17-,18-,19+,20-,21-/m1/s1. The molecular formula is C22H34N2O12. The lowest BCUT2D eigenvalue weighted by atomic mass is 9.95. The maximum atomic E-state index is 12.0. The van der Waals surface area contributed by atoms with Crippen LogP contribution in [0.15, 0.2) is 24.3 Å². The smallest absolute Gasteiger partial charge is 0.315 e. The number of hydrogen-bond donors (Lipinski definition) is 8. The molecule has 2 amide bonds. The van der Waals surface area contributed by atoms with Crippen LogP contribution in [0, 0.1) is 0 Å². The van der Waals surface area contributed by atoms with Crippen LogP contribution in [0.2, 0.25) is 0 Å². The summed E-state index contributed by atoms with van der Waals surface area (Å²) in [5, 5.41) is 66.9. The summed E-state index contributed by atoms with van der Waals surface area (Å²) in [6.07, 6.45) is -13.3. The van der Waals surface area contributed by atoms with Crippen LogP contribution in [0.1, 0.15) is 6.92 Å². The third kappa shape index (κ3) is 6.34. The van der Waals surface area contributed by atoms with E-state index < -0.39 is 80.6 Å². The summed E-state index contributed by atoms with van der Waals surface area (Å²) in [5.41, 5.74) is 0. The average molecular weight is 519 g/mol. The van der Waals surface area contributed by atoms with Crippen molar-refractivity contribution < 1.29 is 59.1 Å². The molecule has 8 N–H and O–H groups in total. The molecule has 2 saturated heterocycles. The van der Waals surface area contributed by atoms with Crippen molar-refractivity contribution in [1.82, 2.24) is 10.6 Å². The summed E-state index contributed by atoms with van der Waals surface area (Å²) in [7, 11) is 1.50. The minimum atomic E-state index is -1.66. The van der Waals surface area contributed by atoms with E-state index in [9.17, 15) is 35.4 Å². The highest BCUT2D eigenvalue weighted by molar-refractivity contribution is 5.74. The zero-order valence-corrected chi connectivity index (χ0v) is 19.8. The number of aliphatic hydroxyl groups is 6. The Hall–Kier alpha value is -2.27. The summed E-state index contributed by atoms with van der Waals surface area (Å²) >= 11 is 0. The van der Waals surface area contributed by atoms with E-state index in [4.69, 9.17) is 23.7 Å². The molecule has 1 aromatic rings. The molecule has 0 bridgehead atoms. The van der Waals surface area contributed by atoms with Gasteiger partial charge in [-0.15, -0.1) is 0 Å². The minimum absolute atomic E-state index is 0.284. The van der Waals surface area contributed by atoms with E-state index in [0.717, 1.165) is 0 Å². The van der Waals surface area contributed by atoms with Crippen molar-refractivity contribution in [3.8, 4) is 11.5 Å². The molecule has 0 spiro atoms. The molecule has 10 atom stereocenters. The Kier molecular flexibility index (Phi) is 10.1. The second kappa shape index (κ2) is 12.8. The first kappa shape index (κ1) is 28.3. The number of rotatable bonds is 9. The molecule has 0 aliphatic carbocycles. The fourth-order valence-electron chi connectivity index (χ4n) is 3.99. The van der Waals surface area contributed by atoms with Crippen molar-refractivity contribution in [3.05, 3.63) is 24.3 Å². The lowest BCUT2D eigenvalue weighted by Gasteiger charge is -2.46. The summed E-state index contributed by atoms with van der Waals surface area (Å²) in [5.74, 6) is 0.875. The fraction of sp³-hybridized carbons (Fsp3) is 0.682. The van der Waals surface area contributed by atoms with Gasteiger partial charge in [-0.25, -0.2) is 4.79 Å². The first-order valence-electron chi connectivity index (χ1n) is 11.5. The van der Waals surface area contributed by atoms with Gasteiger partial charge in [0.15, 0.2) is 6.29 Å². The number of aliphatic hydroxyl groups excluding tert-OH is 6. The molecule has 0 aromatic heterocycles. The molecule has 1 aromatic carbocycles. The Labute approximate surface area is 207 Å². The molecule has 0 radical (unpaired) electrons. The second-order valence-electron chi connectivity index (χ2n) is 8.34. The van der Waals surface area contributed by atoms with Crippen molar-refractivity contribution in [1.29, 1.82) is 0 Å². The van der Waals surface area contributed by atoms with Gasteiger partial charge in [-0.05, 0) is 31.2 Å². The van der Waals surface area contributed by atoms with Crippen LogP contribution in [-0.4, -0.2) is 125 Å². The van der Waals surface area contributed by atoms with Gasteiger partial charge in [0.25, 0.3) is 0 Å². The van der Waals surface area contributed by atoms with E-state index in [2.05, 4.69) is 10.6 Å². The van der Waals surface area contributed by atoms with Crippen LogP contribution in [0.25, 0.3) is 0 Å². The maximum absolute atomic E-state index is 12.0. The number of carbonyl (C=O) groups excluding carboxylic acids is 1. The second-order valence-corrected chi connectivity index (χ2v) is 8.34. The molecule has 0 saturated carbocycles. The highest BCUT2D eigenvalue weighted by Gasteiger charge is 2.51. The third-order valence-electron chi connectivity index (χ3n) is 5.94. The lowest BCUT2D eigenvalue weighted by Crippen LogP contribution is -2.68. The predicted octanol–water partition coefficient (Wildman–Crippen LogP) is -2.98. The number of carbonyl (C=O) groups is 1. The van der Waals surface area contributed by atoms with Crippen LogP contribution in [0.5, 0.6) is 11.5 Å². The number of ether oxygens (including phenoxy) is 5. The van der Waals surface area contributed by atoms with E-state index in [-0.39, 0.29) is 6.54 Å². The quantitative estimate of drug-likeness (QED) is 0.165. The van der Waals surface area contributed by atoms with Crippen molar-refractivity contribution >= 4 is 6.03 Å². The summed E-state index contributed by atoms with van der Waals surface area (Å²) in [6.45, 7) is 0.628. The summed E-state index contributed by atoms with van der Waals surface area (Å²) < 4.78 is 27.4. The van der Waals surface area contributed by atoms with Crippen LogP contribution < -0.4 is 20.1 Å². The van der Waals surface area contributed by atoms with E-state index in [1.54, 1.807) is 31.2 Å². The Morgan fingerprint density at radius 1 is 0.889 bits per heavy atom. The van der Waals surface area contributed by atoms with Gasteiger partial charge >= 0.3 is 6.03 Å². The number of methoxy groups -OCH3 is 1. The average Bonchev–Trinajstić information content (AvgIpc) is 2.88. The van der Waals surface area contributed by atoms with Crippen LogP contribution in [0.4, 0.5) is 4.79 Å². The van der Waals surface area contributed by atoms with Crippen molar-refractivity contribution in [2.75, 3.05) is 26.9 Å². The van der Waals surface area contributed by atoms with Gasteiger partial charge in [0.1, 0.15) is 54.2 Å². The Morgan fingerprint density at radius 2 is 1.50 bits per heavy atom. The molecule has 0 unspecified atom stereocenters. The van der Waals surface area contributed by atoms with Gasteiger partial charge in [-0.3, -0.25) is 0 Å². The molecule has 3 rings (SSSR count). The molecule has 14 heteroatoms. The molecule has 204 valence electrons. The predicted molar refractivity (Wildman–Crippen MR) is 120 cm³/mol. The number of hydrogen-bond acceptors (Lipinski definition) is 12. The summed E-state index contributed by atoms with van der Waals surface area (Å²) in [4.78, 5) is 12.0. The van der Waals surface area contributed by atoms with E-state index in [1.807, 2.05) is 0 Å². The zero-order chi connectivity index (χ0) is 26.4. The number of nitrogens with one attached hydrogen (secondary N) is 2. The minimum Gasteiger partial charge on any atom is -0.497 e. The van der Waals surface area contributed by atoms with E-state index >= 15 is 0 Å². The van der Waals surface area contributed by atoms with Gasteiger partial charge in [-0.2, -0.15) is 0 Å². The highest BCUT2D eigenvalue weighted by atomic mass is 16.7. The SMILES string of the molecule is CCNC(=O)N[C@H]1[C@@H](O)[C@@H](CO)O[C@H](O[C@@H]2[C@H](O)[C@@H](O)[C@H](Oc3ccc(OC)cc3)O[C@@H]2CO)[C@@H]1O. The van der Waals surface area contributed by atoms with Crippen molar-refractivity contribution in [2.45, 2.75) is 68.3 Å². The molecule has 2 heterocycles. The van der Waals surface area contributed by atoms with Gasteiger partial charge < -0.3 is 65.0 Å². The van der Waals surface area contributed by atoms with Crippen molar-refractivity contribution in [2.24, 2.45) is 0 Å². The topological polar surface area (TPSA) is 209 Å². The molecule has 2 aliphatic heterocycles. The molecule has 14 nitrogen and oxygen atoms in total. The molecular weight excluding hydrogens is 484 g/mol. The van der Waals surface area contributed by atoms with Crippen LogP contribution >= 0.6 is 0 Å². The number of amides is 2. The van der Waals surface area contributed by atoms with Gasteiger partial charge in [0.2, 0.25) is 6.29 Å². The normalized spacial score (nSPS) is 36.7. The highest BCUT2D eigenvalue weighted by Crippen LogP contribution is 2.30. The van der Waals surface area contributed by atoms with E-state index in [1.165, 1.54) is 7.11 Å². The first-order chi connectivity index (χ1) is 17.2. The Bertz CT molecular complexity index is 828. The van der Waals surface area contributed by atoms with Crippen LogP contribution in [-0.2, 0) is 14.2 Å². The van der Waals surface area contributed by atoms with Gasteiger partial charge in [-0.1, -0.05) is 0 Å². The number of urea groups is 1. The van der Waals surface area contributed by atoms with Crippen molar-refractivity contribution in [3.63, 3.8) is 0 Å². The Balaban J connectivity index is 1.72. The number of benzene rings is 1. The van der Waals surface area contributed by atoms with Gasteiger partial charge in [0, 0.05) is 6.54 Å². The largest absolute Gasteiger partial charge is 0.497 e. The lowest BCUT2D eigenvalue weighted by molar-refractivity contribution is -0.343. The van der Waals surface area contributed by atoms with E-state index in [0.29, 0.717) is 11.5 Å². The zero-order valence-electron chi connectivity index (χ0n) is 19.8.